The van der Waals surface area contributed by atoms with Gasteiger partial charge in [0.2, 0.25) is 5.91 Å². The van der Waals surface area contributed by atoms with Gasteiger partial charge < -0.3 is 15.0 Å². The Labute approximate surface area is 250 Å². The number of hydrogen-bond donors (Lipinski definition) is 2. The number of aromatic nitrogens is 2. The summed E-state index contributed by atoms with van der Waals surface area (Å²) in [6, 6.07) is 20.4. The monoisotopic (exact) mass is 563 g/mol. The van der Waals surface area contributed by atoms with Crippen LogP contribution in [0.2, 0.25) is 0 Å². The highest BCUT2D eigenvalue weighted by molar-refractivity contribution is 5.86. The van der Waals surface area contributed by atoms with Gasteiger partial charge in [-0.15, -0.1) is 0 Å². The van der Waals surface area contributed by atoms with Gasteiger partial charge >= 0.3 is 0 Å². The van der Waals surface area contributed by atoms with Crippen molar-refractivity contribution in [1.29, 1.82) is 0 Å². The van der Waals surface area contributed by atoms with E-state index in [1.54, 1.807) is 0 Å². The van der Waals surface area contributed by atoms with Gasteiger partial charge in [0.05, 0.1) is 18.6 Å². The molecule has 220 valence electrons. The third kappa shape index (κ3) is 5.89. The maximum atomic E-state index is 14.0. The Balaban J connectivity index is 1.30. The van der Waals surface area contributed by atoms with Crippen LogP contribution in [0.1, 0.15) is 103 Å². The summed E-state index contributed by atoms with van der Waals surface area (Å²) in [6.45, 7) is 5.00. The maximum absolute atomic E-state index is 14.0. The van der Waals surface area contributed by atoms with E-state index < -0.39 is 6.04 Å². The molecule has 2 aromatic carbocycles. The van der Waals surface area contributed by atoms with Crippen LogP contribution in [-0.4, -0.2) is 27.2 Å². The minimum absolute atomic E-state index is 0.0261. The molecule has 5 nitrogen and oxygen atoms in total. The quantitative estimate of drug-likeness (QED) is 0.218. The van der Waals surface area contributed by atoms with Crippen molar-refractivity contribution >= 4 is 16.9 Å². The zero-order valence-corrected chi connectivity index (χ0v) is 25.2. The average molecular weight is 564 g/mol. The Morgan fingerprint density at radius 1 is 0.929 bits per heavy atom. The van der Waals surface area contributed by atoms with E-state index in [0.29, 0.717) is 5.92 Å². The fraction of sp³-hybridized carbons (Fsp3) is 0.459. The van der Waals surface area contributed by atoms with Crippen molar-refractivity contribution < 1.29 is 9.90 Å². The smallest absolute Gasteiger partial charge is 0.228 e. The molecule has 2 atom stereocenters. The van der Waals surface area contributed by atoms with E-state index in [0.717, 1.165) is 54.7 Å². The molecule has 5 heteroatoms. The highest BCUT2D eigenvalue weighted by Crippen LogP contribution is 2.37. The molecule has 1 amide bonds. The van der Waals surface area contributed by atoms with Gasteiger partial charge in [0.1, 0.15) is 5.65 Å². The van der Waals surface area contributed by atoms with Crippen LogP contribution < -0.4 is 5.32 Å². The van der Waals surface area contributed by atoms with Crippen molar-refractivity contribution in [2.75, 3.05) is 6.61 Å². The standard InChI is InChI=1S/C37H45N3O2/c1-25-22-26(2)38-36-34(25)31-16-10-11-17-33(31)40(36)23-27-18-20-30(21-19-27)35(29-14-6-3-4-7-15-29)37(42)39-32(24-41)28-12-8-5-9-13-28/h5,8-9,12-13,18-22,29,32,35,41H,3-4,6-7,10-11,14-17,23-24H2,1-2H3,(H,39,42)/t32-,35-/m1/s1. The number of hydrogen-bond acceptors (Lipinski definition) is 3. The number of aryl methyl sites for hydroxylation is 3. The number of pyridine rings is 1. The molecule has 0 bridgehead atoms. The summed E-state index contributed by atoms with van der Waals surface area (Å²) in [6.07, 6.45) is 11.7. The van der Waals surface area contributed by atoms with Crippen molar-refractivity contribution in [2.24, 2.45) is 5.92 Å². The fourth-order valence-electron chi connectivity index (χ4n) is 7.62. The van der Waals surface area contributed by atoms with E-state index in [2.05, 4.69) is 54.1 Å². The second-order valence-corrected chi connectivity index (χ2v) is 12.6. The van der Waals surface area contributed by atoms with Crippen molar-refractivity contribution in [2.45, 2.75) is 96.6 Å². The molecule has 0 spiro atoms. The normalized spacial score (nSPS) is 17.4. The Morgan fingerprint density at radius 2 is 1.64 bits per heavy atom. The second kappa shape index (κ2) is 12.8. The van der Waals surface area contributed by atoms with Crippen LogP contribution in [0.4, 0.5) is 0 Å². The van der Waals surface area contributed by atoms with Gasteiger partial charge in [-0.3, -0.25) is 4.79 Å². The van der Waals surface area contributed by atoms with Crippen LogP contribution in [0.5, 0.6) is 0 Å². The molecule has 0 unspecified atom stereocenters. The fourth-order valence-corrected chi connectivity index (χ4v) is 7.62. The predicted octanol–water partition coefficient (Wildman–Crippen LogP) is 7.48. The number of nitrogens with one attached hydrogen (secondary N) is 1. The van der Waals surface area contributed by atoms with Gasteiger partial charge in [-0.05, 0) is 92.2 Å². The molecule has 2 aliphatic carbocycles. The lowest BCUT2D eigenvalue weighted by Gasteiger charge is -2.28. The minimum Gasteiger partial charge on any atom is -0.394 e. The first-order chi connectivity index (χ1) is 20.5. The first kappa shape index (κ1) is 28.7. The summed E-state index contributed by atoms with van der Waals surface area (Å²) in [5.41, 5.74) is 9.73. The van der Waals surface area contributed by atoms with Crippen molar-refractivity contribution in [3.05, 3.63) is 99.9 Å². The highest BCUT2D eigenvalue weighted by atomic mass is 16.3. The number of aliphatic hydroxyl groups is 1. The Kier molecular flexibility index (Phi) is 8.76. The van der Waals surface area contributed by atoms with Crippen LogP contribution in [0.15, 0.2) is 60.7 Å². The third-order valence-corrected chi connectivity index (χ3v) is 9.68. The van der Waals surface area contributed by atoms with E-state index in [1.165, 1.54) is 66.3 Å². The molecule has 2 heterocycles. The summed E-state index contributed by atoms with van der Waals surface area (Å²) in [5, 5.41) is 14.7. The first-order valence-corrected chi connectivity index (χ1v) is 16.1. The molecular weight excluding hydrogens is 518 g/mol. The summed E-state index contributed by atoms with van der Waals surface area (Å²) in [7, 11) is 0. The lowest BCUT2D eigenvalue weighted by molar-refractivity contribution is -0.125. The lowest BCUT2D eigenvalue weighted by Crippen LogP contribution is -2.37. The number of carbonyl (C=O) groups is 1. The van der Waals surface area contributed by atoms with E-state index in [9.17, 15) is 9.90 Å². The van der Waals surface area contributed by atoms with Gasteiger partial charge in [0.15, 0.2) is 0 Å². The highest BCUT2D eigenvalue weighted by Gasteiger charge is 2.32. The Morgan fingerprint density at radius 3 is 2.36 bits per heavy atom. The molecule has 1 fully saturated rings. The summed E-state index contributed by atoms with van der Waals surface area (Å²) in [4.78, 5) is 19.0. The molecule has 4 aromatic rings. The molecule has 0 aliphatic heterocycles. The number of amides is 1. The third-order valence-electron chi connectivity index (χ3n) is 9.68. The molecule has 0 radical (unpaired) electrons. The lowest BCUT2D eigenvalue weighted by atomic mass is 9.80. The number of fused-ring (bicyclic) bond motifs is 3. The molecule has 6 rings (SSSR count). The van der Waals surface area contributed by atoms with Crippen molar-refractivity contribution in [3.8, 4) is 0 Å². The van der Waals surface area contributed by atoms with E-state index in [-0.39, 0.29) is 18.4 Å². The van der Waals surface area contributed by atoms with E-state index >= 15 is 0 Å². The minimum atomic E-state index is -0.404. The number of rotatable bonds is 8. The van der Waals surface area contributed by atoms with Crippen LogP contribution >= 0.6 is 0 Å². The number of aliphatic hydroxyl groups excluding tert-OH is 1. The number of nitrogens with zero attached hydrogens (tertiary/aromatic N) is 2. The first-order valence-electron chi connectivity index (χ1n) is 16.1. The van der Waals surface area contributed by atoms with Crippen LogP contribution in [0, 0.1) is 19.8 Å². The molecule has 1 saturated carbocycles. The van der Waals surface area contributed by atoms with Gasteiger partial charge in [-0.25, -0.2) is 4.98 Å². The van der Waals surface area contributed by atoms with Gasteiger partial charge in [0, 0.05) is 23.3 Å². The second-order valence-electron chi connectivity index (χ2n) is 12.6. The van der Waals surface area contributed by atoms with Crippen molar-refractivity contribution in [3.63, 3.8) is 0 Å². The Hall–Kier alpha value is -3.44. The van der Waals surface area contributed by atoms with Gasteiger partial charge in [0.25, 0.3) is 0 Å². The Bertz CT molecular complexity index is 1510. The molecule has 2 aromatic heterocycles. The van der Waals surface area contributed by atoms with E-state index in [1.807, 2.05) is 30.3 Å². The molecular formula is C37H45N3O2. The maximum Gasteiger partial charge on any atom is 0.228 e. The van der Waals surface area contributed by atoms with Crippen LogP contribution in [-0.2, 0) is 24.2 Å². The van der Waals surface area contributed by atoms with E-state index in [4.69, 9.17) is 4.98 Å². The molecule has 2 N–H and O–H groups in total. The number of benzene rings is 2. The van der Waals surface area contributed by atoms with Crippen LogP contribution in [0.3, 0.4) is 0 Å². The largest absolute Gasteiger partial charge is 0.394 e. The zero-order valence-electron chi connectivity index (χ0n) is 25.2. The predicted molar refractivity (Wildman–Crippen MR) is 170 cm³/mol. The zero-order chi connectivity index (χ0) is 29.1. The summed E-state index contributed by atoms with van der Waals surface area (Å²) >= 11 is 0. The van der Waals surface area contributed by atoms with Crippen LogP contribution in [0.25, 0.3) is 11.0 Å². The molecule has 0 saturated heterocycles. The summed E-state index contributed by atoms with van der Waals surface area (Å²) in [5.74, 6) is 0.115. The topological polar surface area (TPSA) is 67.2 Å². The van der Waals surface area contributed by atoms with Gasteiger partial charge in [-0.1, -0.05) is 80.3 Å². The molecule has 2 aliphatic rings. The van der Waals surface area contributed by atoms with Gasteiger partial charge in [-0.2, -0.15) is 0 Å². The summed E-state index contributed by atoms with van der Waals surface area (Å²) < 4.78 is 2.46. The number of carbonyl (C=O) groups excluding carboxylic acids is 1. The van der Waals surface area contributed by atoms with Crippen molar-refractivity contribution in [1.82, 2.24) is 14.9 Å². The molecule has 42 heavy (non-hydrogen) atoms. The SMILES string of the molecule is Cc1cc(C)c2c3c(n(Cc4ccc([C@H](C(=O)N[C@H](CO)c5ccccc5)C5CCCCCC5)cc4)c2n1)CCCC3. The average Bonchev–Trinajstić information content (AvgIpc) is 3.13.